The van der Waals surface area contributed by atoms with E-state index in [9.17, 15) is 19.5 Å². The first-order valence-corrected chi connectivity index (χ1v) is 14.5. The van der Waals surface area contributed by atoms with Crippen LogP contribution in [0.15, 0.2) is 25.3 Å². The van der Waals surface area contributed by atoms with E-state index in [2.05, 4.69) is 33.9 Å². The number of ether oxygens (including phenoxy) is 2. The zero-order valence-electron chi connectivity index (χ0n) is 25.1. The van der Waals surface area contributed by atoms with Gasteiger partial charge in [-0.1, -0.05) is 46.8 Å². The van der Waals surface area contributed by atoms with Crippen LogP contribution in [0.2, 0.25) is 0 Å². The van der Waals surface area contributed by atoms with Gasteiger partial charge in [-0.25, -0.2) is 0 Å². The predicted octanol–water partition coefficient (Wildman–Crippen LogP) is 4.26. The van der Waals surface area contributed by atoms with E-state index in [1.807, 2.05) is 32.6 Å². The molecule has 3 heterocycles. The van der Waals surface area contributed by atoms with Gasteiger partial charge < -0.3 is 24.4 Å². The van der Waals surface area contributed by atoms with Crippen LogP contribution in [0.4, 0.5) is 0 Å². The maximum absolute atomic E-state index is 14.8. The molecule has 0 aliphatic carbocycles. The lowest BCUT2D eigenvalue weighted by molar-refractivity contribution is -0.165. The molecule has 2 unspecified atom stereocenters. The summed E-state index contributed by atoms with van der Waals surface area (Å²) in [6.07, 6.45) is 6.68. The van der Waals surface area contributed by atoms with Crippen molar-refractivity contribution in [2.45, 2.75) is 116 Å². The Morgan fingerprint density at radius 3 is 2.38 bits per heavy atom. The summed E-state index contributed by atoms with van der Waals surface area (Å²) in [7, 11) is 0. The van der Waals surface area contributed by atoms with E-state index in [1.165, 1.54) is 0 Å². The van der Waals surface area contributed by atoms with Crippen LogP contribution < -0.4 is 0 Å². The highest BCUT2D eigenvalue weighted by molar-refractivity contribution is 5.99. The van der Waals surface area contributed by atoms with E-state index in [0.717, 1.165) is 6.42 Å². The van der Waals surface area contributed by atoms with Gasteiger partial charge in [-0.15, -0.1) is 13.2 Å². The van der Waals surface area contributed by atoms with Crippen LogP contribution in [0.1, 0.15) is 87.0 Å². The predicted molar refractivity (Wildman–Crippen MR) is 151 cm³/mol. The molecule has 2 amide bonds. The van der Waals surface area contributed by atoms with Crippen molar-refractivity contribution in [1.29, 1.82) is 0 Å². The van der Waals surface area contributed by atoms with Crippen LogP contribution in [0.5, 0.6) is 0 Å². The molecule has 6 atom stereocenters. The highest BCUT2D eigenvalue weighted by Gasteiger charge is 2.79. The van der Waals surface area contributed by atoms with Gasteiger partial charge in [0.1, 0.15) is 17.6 Å². The molecule has 3 rings (SSSR count). The molecule has 1 N–H and O–H groups in total. The molecule has 0 aromatic carbocycles. The Bertz CT molecular complexity index is 967. The van der Waals surface area contributed by atoms with Gasteiger partial charge in [-0.3, -0.25) is 14.4 Å². The molecular formula is C31H50N2O6. The summed E-state index contributed by atoms with van der Waals surface area (Å²) in [5.41, 5.74) is -2.62. The highest BCUT2D eigenvalue weighted by Crippen LogP contribution is 2.65. The lowest BCUT2D eigenvalue weighted by Crippen LogP contribution is -2.62. The number of fused-ring (bicyclic) bond motifs is 1. The van der Waals surface area contributed by atoms with Crippen molar-refractivity contribution in [2.75, 3.05) is 19.8 Å². The largest absolute Gasteiger partial charge is 0.465 e. The van der Waals surface area contributed by atoms with Crippen LogP contribution in [0.25, 0.3) is 0 Å². The molecule has 39 heavy (non-hydrogen) atoms. The Labute approximate surface area is 234 Å². The van der Waals surface area contributed by atoms with Crippen molar-refractivity contribution in [2.24, 2.45) is 17.3 Å². The first-order chi connectivity index (χ1) is 18.2. The number of aliphatic hydroxyl groups excluding tert-OH is 1. The maximum Gasteiger partial charge on any atom is 0.312 e. The van der Waals surface area contributed by atoms with E-state index < -0.39 is 46.6 Å². The Morgan fingerprint density at radius 2 is 1.87 bits per heavy atom. The summed E-state index contributed by atoms with van der Waals surface area (Å²) in [6.45, 7) is 22.2. The van der Waals surface area contributed by atoms with Crippen molar-refractivity contribution in [1.82, 2.24) is 9.80 Å². The van der Waals surface area contributed by atoms with Gasteiger partial charge in [0.15, 0.2) is 0 Å². The van der Waals surface area contributed by atoms with Gasteiger partial charge in [0.25, 0.3) is 0 Å². The summed E-state index contributed by atoms with van der Waals surface area (Å²) in [5.74, 6) is -2.63. The van der Waals surface area contributed by atoms with Gasteiger partial charge in [0, 0.05) is 12.1 Å². The Kier molecular flexibility index (Phi) is 9.13. The number of amides is 2. The summed E-state index contributed by atoms with van der Waals surface area (Å²) >= 11 is 0. The summed E-state index contributed by atoms with van der Waals surface area (Å²) in [6, 6.07) is -1.52. The first kappa shape index (κ1) is 31.3. The van der Waals surface area contributed by atoms with Gasteiger partial charge in [0.05, 0.1) is 30.8 Å². The second-order valence-corrected chi connectivity index (χ2v) is 13.4. The number of aliphatic hydroxyl groups is 1. The topological polar surface area (TPSA) is 96.4 Å². The third-order valence-corrected chi connectivity index (χ3v) is 9.02. The standard InChI is InChI=1S/C31H50N2O6/c1-10-14-18-38-27(37)23-22-25(35)33(21(12-3)19-34)24(31(22)16-15-30(23,13-4)39-31)26(36)32(17-11-2)29(8,9)20-28(5,6)7/h10-11,21-24,34H,1-2,12-20H2,3-9H3/t21-,22-,23+,24?,30-,31?/m0/s1. The number of carbonyl (C=O) groups is 3. The van der Waals surface area contributed by atoms with E-state index in [1.54, 1.807) is 17.1 Å². The molecule has 0 aromatic heterocycles. The molecule has 2 bridgehead atoms. The molecule has 8 nitrogen and oxygen atoms in total. The quantitative estimate of drug-likeness (QED) is 0.211. The lowest BCUT2D eigenvalue weighted by atomic mass is 9.65. The van der Waals surface area contributed by atoms with Crippen LogP contribution in [0, 0.1) is 17.3 Å². The normalized spacial score (nSPS) is 30.7. The van der Waals surface area contributed by atoms with Crippen LogP contribution in [-0.4, -0.2) is 81.3 Å². The Hall–Kier alpha value is -2.19. The Balaban J connectivity index is 2.15. The molecule has 3 saturated heterocycles. The molecule has 220 valence electrons. The van der Waals surface area contributed by atoms with E-state index >= 15 is 0 Å². The SMILES string of the molecule is C=CCCOC(=O)[C@H]1[C@H]2C(=O)N([C@@H](CC)CO)C(C(=O)N(CC=C)C(C)(C)CC(C)(C)C)C23CC[C@]1(CC)O3. The van der Waals surface area contributed by atoms with Crippen molar-refractivity contribution in [3.05, 3.63) is 25.3 Å². The van der Waals surface area contributed by atoms with Crippen molar-refractivity contribution in [3.63, 3.8) is 0 Å². The molecule has 0 saturated carbocycles. The van der Waals surface area contributed by atoms with Gasteiger partial charge in [0.2, 0.25) is 11.8 Å². The van der Waals surface area contributed by atoms with Crippen molar-refractivity contribution in [3.8, 4) is 0 Å². The second kappa shape index (κ2) is 11.4. The Morgan fingerprint density at radius 1 is 1.21 bits per heavy atom. The van der Waals surface area contributed by atoms with E-state index in [-0.39, 0.29) is 30.4 Å². The minimum Gasteiger partial charge on any atom is -0.465 e. The minimum atomic E-state index is -1.16. The molecule has 3 aliphatic rings. The summed E-state index contributed by atoms with van der Waals surface area (Å²) in [5, 5.41) is 10.3. The monoisotopic (exact) mass is 546 g/mol. The van der Waals surface area contributed by atoms with Gasteiger partial charge >= 0.3 is 5.97 Å². The number of rotatable bonds is 13. The smallest absolute Gasteiger partial charge is 0.312 e. The van der Waals surface area contributed by atoms with Crippen LogP contribution in [-0.2, 0) is 23.9 Å². The fourth-order valence-electron chi connectivity index (χ4n) is 7.74. The van der Waals surface area contributed by atoms with Crippen molar-refractivity contribution >= 4 is 17.8 Å². The lowest BCUT2D eigenvalue weighted by Gasteiger charge is -2.46. The molecule has 0 radical (unpaired) electrons. The molecule has 0 aromatic rings. The third kappa shape index (κ3) is 5.31. The fourth-order valence-corrected chi connectivity index (χ4v) is 7.74. The molecule has 1 spiro atoms. The van der Waals surface area contributed by atoms with Crippen molar-refractivity contribution < 1.29 is 29.0 Å². The molecule has 3 fully saturated rings. The fraction of sp³-hybridized carbons (Fsp3) is 0.774. The maximum atomic E-state index is 14.8. The van der Waals surface area contributed by atoms with E-state index in [0.29, 0.717) is 38.6 Å². The second-order valence-electron chi connectivity index (χ2n) is 13.4. The number of hydrogen-bond acceptors (Lipinski definition) is 6. The molecule has 8 heteroatoms. The summed E-state index contributed by atoms with van der Waals surface area (Å²) in [4.78, 5) is 46.0. The highest BCUT2D eigenvalue weighted by atomic mass is 16.6. The van der Waals surface area contributed by atoms with Gasteiger partial charge in [-0.2, -0.15) is 0 Å². The average Bonchev–Trinajstić information content (AvgIpc) is 3.45. The van der Waals surface area contributed by atoms with E-state index in [4.69, 9.17) is 9.47 Å². The molecule has 3 aliphatic heterocycles. The third-order valence-electron chi connectivity index (χ3n) is 9.02. The number of hydrogen-bond donors (Lipinski definition) is 1. The first-order valence-electron chi connectivity index (χ1n) is 14.5. The van der Waals surface area contributed by atoms with Crippen LogP contribution in [0.3, 0.4) is 0 Å². The number of esters is 1. The zero-order valence-corrected chi connectivity index (χ0v) is 25.1. The number of carbonyl (C=O) groups excluding carboxylic acids is 3. The molecular weight excluding hydrogens is 496 g/mol. The number of likely N-dealkylation sites (tertiary alicyclic amines) is 1. The zero-order chi connectivity index (χ0) is 29.4. The minimum absolute atomic E-state index is 0.0544. The number of nitrogens with zero attached hydrogens (tertiary/aromatic N) is 2. The average molecular weight is 547 g/mol. The van der Waals surface area contributed by atoms with Crippen LogP contribution >= 0.6 is 0 Å². The summed E-state index contributed by atoms with van der Waals surface area (Å²) < 4.78 is 12.5. The van der Waals surface area contributed by atoms with Gasteiger partial charge in [-0.05, 0) is 57.8 Å².